The fraction of sp³-hybridized carbons (Fsp3) is 0.350. The van der Waals surface area contributed by atoms with Crippen LogP contribution >= 0.6 is 11.8 Å². The van der Waals surface area contributed by atoms with Gasteiger partial charge < -0.3 is 10.2 Å². The van der Waals surface area contributed by atoms with E-state index in [1.54, 1.807) is 16.7 Å². The van der Waals surface area contributed by atoms with Gasteiger partial charge in [0, 0.05) is 24.1 Å². The molecule has 144 valence electrons. The first kappa shape index (κ1) is 19.6. The van der Waals surface area contributed by atoms with Crippen LogP contribution in [0.5, 0.6) is 0 Å². The Balaban J connectivity index is 1.68. The summed E-state index contributed by atoms with van der Waals surface area (Å²) in [4.78, 5) is 14.1. The summed E-state index contributed by atoms with van der Waals surface area (Å²) in [6.07, 6.45) is -3.74. The van der Waals surface area contributed by atoms with Crippen LogP contribution in [0, 0.1) is 6.92 Å². The molecule has 0 aromatic heterocycles. The van der Waals surface area contributed by atoms with Crippen molar-refractivity contribution in [1.82, 2.24) is 4.90 Å². The Hall–Kier alpha value is -2.15. The molecule has 1 fully saturated rings. The number of benzene rings is 2. The van der Waals surface area contributed by atoms with Crippen molar-refractivity contribution in [3.63, 3.8) is 0 Å². The molecule has 3 nitrogen and oxygen atoms in total. The number of aryl methyl sites for hydroxylation is 1. The largest absolute Gasteiger partial charge is 0.418 e. The SMILES string of the molecule is Cc1ccccc1[C@H]1CCN(C(=O)Nc2ccccc2C(F)(F)F)CCS1. The number of amides is 2. The highest BCUT2D eigenvalue weighted by atomic mass is 32.2. The van der Waals surface area contributed by atoms with Gasteiger partial charge in [-0.25, -0.2) is 4.79 Å². The van der Waals surface area contributed by atoms with Gasteiger partial charge in [-0.15, -0.1) is 0 Å². The zero-order chi connectivity index (χ0) is 19.4. The van der Waals surface area contributed by atoms with Crippen LogP contribution in [-0.2, 0) is 6.18 Å². The van der Waals surface area contributed by atoms with Crippen LogP contribution in [0.1, 0.15) is 28.4 Å². The zero-order valence-corrected chi connectivity index (χ0v) is 15.7. The monoisotopic (exact) mass is 394 g/mol. The lowest BCUT2D eigenvalue weighted by Crippen LogP contribution is -2.37. The minimum atomic E-state index is -4.51. The lowest BCUT2D eigenvalue weighted by Gasteiger charge is -2.22. The van der Waals surface area contributed by atoms with Gasteiger partial charge in [-0.1, -0.05) is 36.4 Å². The lowest BCUT2D eigenvalue weighted by atomic mass is 10.0. The number of nitrogens with zero attached hydrogens (tertiary/aromatic N) is 1. The number of anilines is 1. The molecule has 0 aliphatic carbocycles. The molecule has 27 heavy (non-hydrogen) atoms. The molecule has 1 aliphatic rings. The van der Waals surface area contributed by atoms with E-state index in [1.807, 2.05) is 12.1 Å². The molecule has 1 heterocycles. The average Bonchev–Trinajstić information content (AvgIpc) is 2.88. The summed E-state index contributed by atoms with van der Waals surface area (Å²) in [7, 11) is 0. The molecule has 3 rings (SSSR count). The van der Waals surface area contributed by atoms with E-state index in [0.717, 1.165) is 18.2 Å². The molecule has 0 spiro atoms. The number of thioether (sulfide) groups is 1. The molecule has 1 N–H and O–H groups in total. The first-order chi connectivity index (χ1) is 12.9. The Morgan fingerprint density at radius 1 is 1.11 bits per heavy atom. The summed E-state index contributed by atoms with van der Waals surface area (Å²) in [6, 6.07) is 12.7. The number of carbonyl (C=O) groups excluding carboxylic acids is 1. The maximum atomic E-state index is 13.1. The van der Waals surface area contributed by atoms with Crippen molar-refractivity contribution in [3.8, 4) is 0 Å². The Labute approximate surface area is 160 Å². The van der Waals surface area contributed by atoms with E-state index in [9.17, 15) is 18.0 Å². The molecule has 2 amide bonds. The van der Waals surface area contributed by atoms with Crippen LogP contribution in [0.25, 0.3) is 0 Å². The lowest BCUT2D eigenvalue weighted by molar-refractivity contribution is -0.136. The molecular weight excluding hydrogens is 373 g/mol. The van der Waals surface area contributed by atoms with Gasteiger partial charge in [-0.2, -0.15) is 24.9 Å². The minimum Gasteiger partial charge on any atom is -0.324 e. The normalized spacial score (nSPS) is 18.1. The maximum absolute atomic E-state index is 13.1. The Kier molecular flexibility index (Phi) is 5.99. The van der Waals surface area contributed by atoms with Gasteiger partial charge in [0.25, 0.3) is 0 Å². The number of carbonyl (C=O) groups is 1. The second-order valence-corrected chi connectivity index (χ2v) is 7.78. The first-order valence-corrected chi connectivity index (χ1v) is 9.80. The summed E-state index contributed by atoms with van der Waals surface area (Å²) >= 11 is 1.78. The summed E-state index contributed by atoms with van der Waals surface area (Å²) in [6.45, 7) is 3.08. The smallest absolute Gasteiger partial charge is 0.324 e. The van der Waals surface area contributed by atoms with Crippen molar-refractivity contribution < 1.29 is 18.0 Å². The third kappa shape index (κ3) is 4.77. The molecule has 0 bridgehead atoms. The molecule has 1 aliphatic heterocycles. The molecule has 7 heteroatoms. The summed E-state index contributed by atoms with van der Waals surface area (Å²) in [5, 5.41) is 2.72. The molecule has 2 aromatic rings. The number of halogens is 3. The molecule has 0 radical (unpaired) electrons. The van der Waals surface area contributed by atoms with Crippen LogP contribution < -0.4 is 5.32 Å². The van der Waals surface area contributed by atoms with Crippen molar-refractivity contribution in [2.75, 3.05) is 24.2 Å². The van der Waals surface area contributed by atoms with E-state index >= 15 is 0 Å². The predicted octanol–water partition coefficient (Wildman–Crippen LogP) is 5.73. The molecule has 1 atom stereocenters. The number of nitrogens with one attached hydrogen (secondary N) is 1. The second kappa shape index (κ2) is 8.25. The molecule has 1 saturated heterocycles. The van der Waals surface area contributed by atoms with Gasteiger partial charge in [0.05, 0.1) is 11.3 Å². The summed E-state index contributed by atoms with van der Waals surface area (Å²) < 4.78 is 39.3. The van der Waals surface area contributed by atoms with Crippen LogP contribution in [0.3, 0.4) is 0 Å². The number of hydrogen-bond donors (Lipinski definition) is 1. The van der Waals surface area contributed by atoms with Crippen molar-refractivity contribution in [2.45, 2.75) is 24.8 Å². The van der Waals surface area contributed by atoms with Gasteiger partial charge in [0.2, 0.25) is 0 Å². The van der Waals surface area contributed by atoms with E-state index in [4.69, 9.17) is 0 Å². The van der Waals surface area contributed by atoms with Crippen LogP contribution in [-0.4, -0.2) is 29.8 Å². The van der Waals surface area contributed by atoms with Crippen molar-refractivity contribution in [2.24, 2.45) is 0 Å². The fourth-order valence-corrected chi connectivity index (χ4v) is 4.53. The topological polar surface area (TPSA) is 32.3 Å². The summed E-state index contributed by atoms with van der Waals surface area (Å²) in [5.74, 6) is 0.743. The zero-order valence-electron chi connectivity index (χ0n) is 14.9. The Bertz CT molecular complexity index is 810. The predicted molar refractivity (Wildman–Crippen MR) is 103 cm³/mol. The van der Waals surface area contributed by atoms with E-state index in [-0.39, 0.29) is 10.9 Å². The van der Waals surface area contributed by atoms with Gasteiger partial charge >= 0.3 is 12.2 Å². The number of rotatable bonds is 2. The van der Waals surface area contributed by atoms with Crippen molar-refractivity contribution in [1.29, 1.82) is 0 Å². The van der Waals surface area contributed by atoms with E-state index in [0.29, 0.717) is 13.1 Å². The highest BCUT2D eigenvalue weighted by molar-refractivity contribution is 7.99. The highest BCUT2D eigenvalue weighted by Gasteiger charge is 2.34. The second-order valence-electron chi connectivity index (χ2n) is 6.47. The molecule has 2 aromatic carbocycles. The molecular formula is C20H21F3N2OS. The fourth-order valence-electron chi connectivity index (χ4n) is 3.20. The maximum Gasteiger partial charge on any atom is 0.418 e. The number of urea groups is 1. The van der Waals surface area contributed by atoms with Crippen LogP contribution in [0.15, 0.2) is 48.5 Å². The minimum absolute atomic E-state index is 0.206. The standard InChI is InChI=1S/C20H21F3N2OS/c1-14-6-2-3-7-15(14)18-10-11-25(12-13-27-18)19(26)24-17-9-5-4-8-16(17)20(21,22)23/h2-9,18H,10-13H2,1H3,(H,24,26)/t18-/m1/s1. The third-order valence-corrected chi connectivity index (χ3v) is 5.95. The first-order valence-electron chi connectivity index (χ1n) is 8.75. The van der Waals surface area contributed by atoms with Gasteiger partial charge in [-0.3, -0.25) is 0 Å². The molecule has 0 saturated carbocycles. The Morgan fingerprint density at radius 3 is 2.56 bits per heavy atom. The quantitative estimate of drug-likeness (QED) is 0.706. The van der Waals surface area contributed by atoms with E-state index in [2.05, 4.69) is 24.4 Å². The average molecular weight is 394 g/mol. The Morgan fingerprint density at radius 2 is 1.81 bits per heavy atom. The van der Waals surface area contributed by atoms with E-state index < -0.39 is 17.8 Å². The van der Waals surface area contributed by atoms with Gasteiger partial charge in [0.1, 0.15) is 0 Å². The summed E-state index contributed by atoms with van der Waals surface area (Å²) in [5.41, 5.74) is 1.43. The van der Waals surface area contributed by atoms with Crippen LogP contribution in [0.2, 0.25) is 0 Å². The highest BCUT2D eigenvalue weighted by Crippen LogP contribution is 2.37. The van der Waals surface area contributed by atoms with Gasteiger partial charge in [-0.05, 0) is 36.6 Å². The van der Waals surface area contributed by atoms with Crippen LogP contribution in [0.4, 0.5) is 23.7 Å². The van der Waals surface area contributed by atoms with Crippen molar-refractivity contribution >= 4 is 23.5 Å². The van der Waals surface area contributed by atoms with Gasteiger partial charge in [0.15, 0.2) is 0 Å². The van der Waals surface area contributed by atoms with Crippen molar-refractivity contribution in [3.05, 3.63) is 65.2 Å². The molecule has 0 unspecified atom stereocenters. The van der Waals surface area contributed by atoms with E-state index in [1.165, 1.54) is 29.3 Å². The number of hydrogen-bond acceptors (Lipinski definition) is 2. The number of alkyl halides is 3. The number of para-hydroxylation sites is 1. The third-order valence-electron chi connectivity index (χ3n) is 4.64.